The molecule has 5 rings (SSSR count). The maximum atomic E-state index is 9.75. The number of halogens is 4. The smallest absolute Gasteiger partial charge is 0.418 e. The Labute approximate surface area is 179 Å². The summed E-state index contributed by atoms with van der Waals surface area (Å²) in [5.41, 5.74) is 2.09. The van der Waals surface area contributed by atoms with Crippen molar-refractivity contribution in [2.24, 2.45) is 33.5 Å². The van der Waals surface area contributed by atoms with Gasteiger partial charge in [0.05, 0.1) is 0 Å². The zero-order valence-electron chi connectivity index (χ0n) is 19.5. The van der Waals surface area contributed by atoms with Crippen LogP contribution in [0.5, 0.6) is 0 Å². The molecule has 0 aromatic carbocycles. The molecule has 1 aliphatic heterocycles. The Morgan fingerprint density at radius 1 is 0.833 bits per heavy atom. The first-order valence-electron chi connectivity index (χ1n) is 11.8. The minimum absolute atomic E-state index is 0.516. The van der Waals surface area contributed by atoms with Gasteiger partial charge in [0.25, 0.3) is 0 Å². The molecule has 5 aliphatic rings. The summed E-state index contributed by atoms with van der Waals surface area (Å²) in [5.74, 6) is 1.90. The average Bonchev–Trinajstić information content (AvgIpc) is 3.31. The quantitative estimate of drug-likeness (QED) is 0.293. The fourth-order valence-corrected chi connectivity index (χ4v) is 8.34. The van der Waals surface area contributed by atoms with Crippen LogP contribution in [0.4, 0.5) is 17.3 Å². The van der Waals surface area contributed by atoms with Gasteiger partial charge in [0.15, 0.2) is 0 Å². The highest BCUT2D eigenvalue weighted by molar-refractivity contribution is 6.50. The van der Waals surface area contributed by atoms with Crippen LogP contribution in [-0.4, -0.2) is 48.2 Å². The molecule has 0 saturated heterocycles. The van der Waals surface area contributed by atoms with Crippen LogP contribution < -0.4 is 0 Å². The summed E-state index contributed by atoms with van der Waals surface area (Å²) in [6.45, 7) is 17.9. The van der Waals surface area contributed by atoms with E-state index < -0.39 is 7.25 Å². The molecule has 2 nitrogen and oxygen atoms in total. The number of fused-ring (bicyclic) bond motifs is 4. The van der Waals surface area contributed by atoms with Gasteiger partial charge in [-0.05, 0) is 61.2 Å². The predicted molar refractivity (Wildman–Crippen MR) is 114 cm³/mol. The van der Waals surface area contributed by atoms with Crippen LogP contribution in [0.1, 0.15) is 80.1 Å². The van der Waals surface area contributed by atoms with Crippen molar-refractivity contribution in [1.82, 2.24) is 4.90 Å². The first-order valence-corrected chi connectivity index (χ1v) is 11.8. The molecule has 0 aromatic heterocycles. The van der Waals surface area contributed by atoms with Gasteiger partial charge in [0, 0.05) is 10.8 Å². The fourth-order valence-electron chi connectivity index (χ4n) is 8.34. The van der Waals surface area contributed by atoms with E-state index in [-0.39, 0.29) is 0 Å². The molecule has 0 radical (unpaired) electrons. The van der Waals surface area contributed by atoms with Gasteiger partial charge in [-0.3, -0.25) is 9.48 Å². The van der Waals surface area contributed by atoms with Gasteiger partial charge in [-0.25, -0.2) is 0 Å². The van der Waals surface area contributed by atoms with Crippen molar-refractivity contribution in [2.45, 2.75) is 92.2 Å². The van der Waals surface area contributed by atoms with Gasteiger partial charge in [0.1, 0.15) is 25.2 Å². The summed E-state index contributed by atoms with van der Waals surface area (Å²) >= 11 is 0. The molecule has 7 heteroatoms. The monoisotopic (exact) mass is 430 g/mol. The second-order valence-electron chi connectivity index (χ2n) is 12.3. The maximum Gasteiger partial charge on any atom is 0.673 e. The van der Waals surface area contributed by atoms with Gasteiger partial charge >= 0.3 is 7.25 Å². The fraction of sp³-hybridized carbons (Fsp3) is 0.957. The molecule has 172 valence electrons. The normalized spacial score (nSPS) is 45.5. The van der Waals surface area contributed by atoms with Crippen molar-refractivity contribution < 1.29 is 21.8 Å². The highest BCUT2D eigenvalue weighted by Gasteiger charge is 2.66. The molecule has 0 aromatic rings. The van der Waals surface area contributed by atoms with Crippen molar-refractivity contribution >= 4 is 13.6 Å². The van der Waals surface area contributed by atoms with Gasteiger partial charge in [-0.15, -0.1) is 0 Å². The van der Waals surface area contributed by atoms with Gasteiger partial charge in [-0.1, -0.05) is 41.5 Å². The van der Waals surface area contributed by atoms with Crippen molar-refractivity contribution in [3.8, 4) is 0 Å². The number of hydrogen-bond donors (Lipinski definition) is 0. The van der Waals surface area contributed by atoms with Crippen LogP contribution in [0.3, 0.4) is 0 Å². The summed E-state index contributed by atoms with van der Waals surface area (Å²) in [7, 11) is -6.00. The van der Waals surface area contributed by atoms with Crippen molar-refractivity contribution in [3.63, 3.8) is 0 Å². The van der Waals surface area contributed by atoms with E-state index in [0.29, 0.717) is 21.7 Å². The molecule has 4 saturated carbocycles. The Morgan fingerprint density at radius 3 is 1.73 bits per heavy atom. The molecule has 4 bridgehead atoms. The Balaban J connectivity index is 0.000000393. The highest BCUT2D eigenvalue weighted by atomic mass is 19.5. The van der Waals surface area contributed by atoms with E-state index in [1.54, 1.807) is 0 Å². The standard InChI is InChI=1S/C23H39N2.BF4/c1-20(2)16-7-9-22(20,5)18(13-16)24-11-12-25(15-24)19-14-17-8-10-23(19,6)21(17,3)4;2-1(3,4)5/h15-19H,7-14H2,1-6H3;/q+1;-1/t16-,17-,18+,19+,22+,23+;/m1./s1. The maximum absolute atomic E-state index is 9.75. The largest absolute Gasteiger partial charge is 0.673 e. The minimum atomic E-state index is -6.00. The SMILES string of the molecule is CC1(C)[C@@H]2CC[C@@]1(C)[C@@H](N1C=[N+]([C@H]3C[C@H]4CC[C@]3(C)C4(C)C)CC1)C2.F[B-](F)(F)F. The zero-order valence-corrected chi connectivity index (χ0v) is 19.5. The summed E-state index contributed by atoms with van der Waals surface area (Å²) in [6.07, 6.45) is 11.3. The Bertz CT molecular complexity index is 727. The van der Waals surface area contributed by atoms with Gasteiger partial charge < -0.3 is 17.3 Å². The van der Waals surface area contributed by atoms with Crippen LogP contribution >= 0.6 is 0 Å². The number of rotatable bonds is 2. The number of hydrogen-bond acceptors (Lipinski definition) is 1. The molecule has 6 atom stereocenters. The first kappa shape index (κ1) is 22.4. The molecule has 30 heavy (non-hydrogen) atoms. The topological polar surface area (TPSA) is 6.25 Å². The van der Waals surface area contributed by atoms with Gasteiger partial charge in [0.2, 0.25) is 6.34 Å². The third kappa shape index (κ3) is 3.07. The second-order valence-corrected chi connectivity index (χ2v) is 12.3. The van der Waals surface area contributed by atoms with Crippen LogP contribution in [0.15, 0.2) is 0 Å². The Kier molecular flexibility index (Phi) is 4.96. The van der Waals surface area contributed by atoms with E-state index in [1.165, 1.54) is 51.6 Å². The molecule has 4 aliphatic carbocycles. The Hall–Kier alpha value is -0.745. The molecule has 0 N–H and O–H groups in total. The lowest BCUT2D eigenvalue weighted by Crippen LogP contribution is -2.46. The van der Waals surface area contributed by atoms with E-state index in [2.05, 4.69) is 57.4 Å². The third-order valence-electron chi connectivity index (χ3n) is 11.2. The summed E-state index contributed by atoms with van der Waals surface area (Å²) in [4.78, 5) is 2.78. The molecule has 0 spiro atoms. The molecule has 0 amide bonds. The summed E-state index contributed by atoms with van der Waals surface area (Å²) < 4.78 is 41.8. The van der Waals surface area contributed by atoms with Gasteiger partial charge in [-0.2, -0.15) is 0 Å². The lowest BCUT2D eigenvalue weighted by Gasteiger charge is -2.39. The number of nitrogens with zero attached hydrogens (tertiary/aromatic N) is 2. The molecular formula is C23H39BF4N2. The molecule has 1 heterocycles. The lowest BCUT2D eigenvalue weighted by molar-refractivity contribution is -0.571. The van der Waals surface area contributed by atoms with Crippen LogP contribution in [0.25, 0.3) is 0 Å². The summed E-state index contributed by atoms with van der Waals surface area (Å²) in [6, 6.07) is 1.57. The van der Waals surface area contributed by atoms with E-state index in [1.807, 2.05) is 0 Å². The van der Waals surface area contributed by atoms with Crippen LogP contribution in [0, 0.1) is 33.5 Å². The van der Waals surface area contributed by atoms with Crippen molar-refractivity contribution in [3.05, 3.63) is 0 Å². The molecule has 0 unspecified atom stereocenters. The third-order valence-corrected chi connectivity index (χ3v) is 11.2. The molecule has 4 fully saturated rings. The van der Waals surface area contributed by atoms with E-state index in [0.717, 1.165) is 23.9 Å². The highest BCUT2D eigenvalue weighted by Crippen LogP contribution is 2.68. The zero-order chi connectivity index (χ0) is 22.3. The predicted octanol–water partition coefficient (Wildman–Crippen LogP) is 6.07. The van der Waals surface area contributed by atoms with E-state index in [9.17, 15) is 17.3 Å². The van der Waals surface area contributed by atoms with E-state index in [4.69, 9.17) is 0 Å². The lowest BCUT2D eigenvalue weighted by atomic mass is 9.69. The second kappa shape index (κ2) is 6.63. The van der Waals surface area contributed by atoms with Crippen molar-refractivity contribution in [1.29, 1.82) is 0 Å². The molecular weight excluding hydrogens is 391 g/mol. The first-order chi connectivity index (χ1) is 13.6. The average molecular weight is 430 g/mol. The van der Waals surface area contributed by atoms with Crippen molar-refractivity contribution in [2.75, 3.05) is 13.1 Å². The Morgan fingerprint density at radius 2 is 1.33 bits per heavy atom. The van der Waals surface area contributed by atoms with Crippen LogP contribution in [-0.2, 0) is 0 Å². The minimum Gasteiger partial charge on any atom is -0.418 e. The van der Waals surface area contributed by atoms with Crippen LogP contribution in [0.2, 0.25) is 0 Å². The van der Waals surface area contributed by atoms with E-state index >= 15 is 0 Å². The summed E-state index contributed by atoms with van der Waals surface area (Å²) in [5, 5.41) is 0.